The van der Waals surface area contributed by atoms with E-state index in [4.69, 9.17) is 0 Å². The van der Waals surface area contributed by atoms with Gasteiger partial charge in [0.05, 0.1) is 0 Å². The summed E-state index contributed by atoms with van der Waals surface area (Å²) in [7, 11) is 0. The number of amides is 2. The molecular weight excluding hydrogens is 180 g/mol. The van der Waals surface area contributed by atoms with Gasteiger partial charge in [0.15, 0.2) is 0 Å². The monoisotopic (exact) mass is 188 g/mol. The Kier molecular flexibility index (Phi) is 1.96. The van der Waals surface area contributed by atoms with Crippen LogP contribution in [0.15, 0.2) is 34.5 Å². The van der Waals surface area contributed by atoms with Crippen LogP contribution in [0.2, 0.25) is 0 Å². The first-order valence-electron chi connectivity index (χ1n) is 4.24. The highest BCUT2D eigenvalue weighted by Crippen LogP contribution is 2.24. The van der Waals surface area contributed by atoms with Gasteiger partial charge >= 0.3 is 0 Å². The predicted molar refractivity (Wildman–Crippen MR) is 48.8 cm³/mol. The maximum absolute atomic E-state index is 11.2. The summed E-state index contributed by atoms with van der Waals surface area (Å²) in [6.45, 7) is 1.94. The third-order valence-corrected chi connectivity index (χ3v) is 2.15. The van der Waals surface area contributed by atoms with Gasteiger partial charge in [0.2, 0.25) is 0 Å². The Balaban J connectivity index is 2.36. The van der Waals surface area contributed by atoms with Crippen LogP contribution in [0.5, 0.6) is 0 Å². The zero-order valence-corrected chi connectivity index (χ0v) is 7.60. The molecule has 0 saturated carbocycles. The highest BCUT2D eigenvalue weighted by atomic mass is 16.2. The second kappa shape index (κ2) is 3.14. The second-order valence-corrected chi connectivity index (χ2v) is 3.22. The molecule has 4 heteroatoms. The van der Waals surface area contributed by atoms with E-state index in [0.717, 1.165) is 5.56 Å². The predicted octanol–water partition coefficient (Wildman–Crippen LogP) is 1.60. The van der Waals surface area contributed by atoms with Crippen molar-refractivity contribution in [3.8, 4) is 0 Å². The van der Waals surface area contributed by atoms with Crippen molar-refractivity contribution in [1.29, 1.82) is 0 Å². The van der Waals surface area contributed by atoms with Crippen LogP contribution in [0.3, 0.4) is 0 Å². The van der Waals surface area contributed by atoms with Crippen LogP contribution in [0.4, 0.5) is 0 Å². The fourth-order valence-electron chi connectivity index (χ4n) is 1.36. The van der Waals surface area contributed by atoms with Gasteiger partial charge in [0.25, 0.3) is 11.8 Å². The van der Waals surface area contributed by atoms with E-state index in [9.17, 15) is 9.59 Å². The fourth-order valence-corrected chi connectivity index (χ4v) is 1.36. The number of hydrogen-bond donors (Lipinski definition) is 0. The number of benzene rings is 1. The Labute approximate surface area is 80.7 Å². The number of nitrogens with zero attached hydrogens (tertiary/aromatic N) is 2. The van der Waals surface area contributed by atoms with E-state index in [1.165, 1.54) is 0 Å². The standard InChI is InChI=1S/C10H8N2O2/c1-6-2-4-7(5-3-6)8-9(13)11-12-10(8)14/h2-5,8H,1H3. The topological polar surface area (TPSA) is 58.9 Å². The molecule has 1 aliphatic rings. The summed E-state index contributed by atoms with van der Waals surface area (Å²) >= 11 is 0. The van der Waals surface area contributed by atoms with Crippen LogP contribution in [0, 0.1) is 6.92 Å². The molecule has 0 unspecified atom stereocenters. The first kappa shape index (κ1) is 8.74. The van der Waals surface area contributed by atoms with E-state index in [-0.39, 0.29) is 0 Å². The fraction of sp³-hybridized carbons (Fsp3) is 0.200. The van der Waals surface area contributed by atoms with Crippen molar-refractivity contribution >= 4 is 11.8 Å². The molecule has 0 N–H and O–H groups in total. The van der Waals surface area contributed by atoms with Gasteiger partial charge in [0, 0.05) is 0 Å². The highest BCUT2D eigenvalue weighted by Gasteiger charge is 2.33. The molecule has 70 valence electrons. The average Bonchev–Trinajstić information content (AvgIpc) is 2.49. The van der Waals surface area contributed by atoms with Crippen molar-refractivity contribution in [2.45, 2.75) is 12.8 Å². The van der Waals surface area contributed by atoms with Crippen LogP contribution in [-0.2, 0) is 9.59 Å². The van der Waals surface area contributed by atoms with E-state index in [2.05, 4.69) is 10.2 Å². The van der Waals surface area contributed by atoms with E-state index in [0.29, 0.717) is 5.56 Å². The van der Waals surface area contributed by atoms with Gasteiger partial charge in [-0.25, -0.2) is 0 Å². The molecule has 0 spiro atoms. The molecule has 0 atom stereocenters. The summed E-state index contributed by atoms with van der Waals surface area (Å²) in [5, 5.41) is 6.47. The summed E-state index contributed by atoms with van der Waals surface area (Å²) in [6, 6.07) is 7.22. The number of aryl methyl sites for hydroxylation is 1. The third-order valence-electron chi connectivity index (χ3n) is 2.15. The summed E-state index contributed by atoms with van der Waals surface area (Å²) in [5.41, 5.74) is 1.75. The summed E-state index contributed by atoms with van der Waals surface area (Å²) in [4.78, 5) is 22.4. The molecule has 1 heterocycles. The molecule has 0 fully saturated rings. The van der Waals surface area contributed by atoms with Crippen LogP contribution in [0.1, 0.15) is 17.0 Å². The lowest BCUT2D eigenvalue weighted by atomic mass is 9.98. The molecule has 0 saturated heterocycles. The van der Waals surface area contributed by atoms with Crippen molar-refractivity contribution in [1.82, 2.24) is 0 Å². The number of hydrogen-bond acceptors (Lipinski definition) is 2. The lowest BCUT2D eigenvalue weighted by Gasteiger charge is -2.03. The van der Waals surface area contributed by atoms with Crippen molar-refractivity contribution in [2.24, 2.45) is 10.2 Å². The van der Waals surface area contributed by atoms with Gasteiger partial charge in [-0.3, -0.25) is 9.59 Å². The minimum absolute atomic E-state index is 0.473. The van der Waals surface area contributed by atoms with E-state index >= 15 is 0 Å². The van der Waals surface area contributed by atoms with Gasteiger partial charge in [-0.05, 0) is 12.5 Å². The maximum atomic E-state index is 11.2. The second-order valence-electron chi connectivity index (χ2n) is 3.22. The van der Waals surface area contributed by atoms with Crippen molar-refractivity contribution < 1.29 is 9.59 Å². The van der Waals surface area contributed by atoms with Crippen LogP contribution in [-0.4, -0.2) is 11.8 Å². The number of azo groups is 1. The van der Waals surface area contributed by atoms with Gasteiger partial charge in [0.1, 0.15) is 5.92 Å². The van der Waals surface area contributed by atoms with E-state index in [1.807, 2.05) is 19.1 Å². The number of carbonyl (C=O) groups is 2. The Bertz CT molecular complexity index is 402. The zero-order valence-electron chi connectivity index (χ0n) is 7.60. The van der Waals surface area contributed by atoms with Gasteiger partial charge < -0.3 is 0 Å². The van der Waals surface area contributed by atoms with Crippen LogP contribution in [0.25, 0.3) is 0 Å². The molecule has 0 aliphatic carbocycles. The largest absolute Gasteiger partial charge is 0.281 e. The normalized spacial score (nSPS) is 16.6. The molecular formula is C10H8N2O2. The molecule has 2 amide bonds. The molecule has 0 radical (unpaired) electrons. The van der Waals surface area contributed by atoms with E-state index in [1.54, 1.807) is 12.1 Å². The van der Waals surface area contributed by atoms with Crippen LogP contribution < -0.4 is 0 Å². The molecule has 1 aliphatic heterocycles. The van der Waals surface area contributed by atoms with Gasteiger partial charge in [-0.15, -0.1) is 10.2 Å². The molecule has 4 nitrogen and oxygen atoms in total. The minimum atomic E-state index is -0.810. The highest BCUT2D eigenvalue weighted by molar-refractivity contribution is 6.09. The first-order chi connectivity index (χ1) is 6.68. The average molecular weight is 188 g/mol. The first-order valence-corrected chi connectivity index (χ1v) is 4.24. The summed E-state index contributed by atoms with van der Waals surface area (Å²) in [5.74, 6) is -1.76. The molecule has 1 aromatic rings. The molecule has 0 bridgehead atoms. The van der Waals surface area contributed by atoms with E-state index < -0.39 is 17.7 Å². The van der Waals surface area contributed by atoms with Crippen LogP contribution >= 0.6 is 0 Å². The molecule has 1 aromatic carbocycles. The Morgan fingerprint density at radius 2 is 1.50 bits per heavy atom. The SMILES string of the molecule is Cc1ccc(C2C(=O)N=NC2=O)cc1. The Hall–Kier alpha value is -1.84. The minimum Gasteiger partial charge on any atom is -0.270 e. The van der Waals surface area contributed by atoms with Crippen molar-refractivity contribution in [3.63, 3.8) is 0 Å². The summed E-state index contributed by atoms with van der Waals surface area (Å²) in [6.07, 6.45) is 0. The lowest BCUT2D eigenvalue weighted by molar-refractivity contribution is -0.124. The molecule has 14 heavy (non-hydrogen) atoms. The molecule has 0 aromatic heterocycles. The Morgan fingerprint density at radius 1 is 1.00 bits per heavy atom. The lowest BCUT2D eigenvalue weighted by Crippen LogP contribution is -2.12. The van der Waals surface area contributed by atoms with Gasteiger partial charge in [-0.2, -0.15) is 0 Å². The molecule has 2 rings (SSSR count). The zero-order chi connectivity index (χ0) is 10.1. The maximum Gasteiger partial charge on any atom is 0.281 e. The van der Waals surface area contributed by atoms with Gasteiger partial charge in [-0.1, -0.05) is 29.8 Å². The number of rotatable bonds is 1. The quantitative estimate of drug-likeness (QED) is 0.628. The smallest absolute Gasteiger partial charge is 0.270 e. The Morgan fingerprint density at radius 3 is 2.00 bits per heavy atom. The summed E-state index contributed by atoms with van der Waals surface area (Å²) < 4.78 is 0. The van der Waals surface area contributed by atoms with Crippen molar-refractivity contribution in [3.05, 3.63) is 35.4 Å². The number of carbonyl (C=O) groups excluding carboxylic acids is 2. The van der Waals surface area contributed by atoms with Crippen molar-refractivity contribution in [2.75, 3.05) is 0 Å². The third kappa shape index (κ3) is 1.35.